The zero-order valence-corrected chi connectivity index (χ0v) is 19.5. The van der Waals surface area contributed by atoms with Gasteiger partial charge in [0, 0.05) is 24.3 Å². The van der Waals surface area contributed by atoms with Crippen LogP contribution >= 0.6 is 11.3 Å². The fourth-order valence-electron chi connectivity index (χ4n) is 8.60. The molecule has 30 heavy (non-hydrogen) atoms. The van der Waals surface area contributed by atoms with Gasteiger partial charge in [-0.25, -0.2) is 0 Å². The summed E-state index contributed by atoms with van der Waals surface area (Å²) in [4.78, 5) is 14.5. The van der Waals surface area contributed by atoms with E-state index in [1.807, 2.05) is 0 Å². The summed E-state index contributed by atoms with van der Waals surface area (Å²) in [5.41, 5.74) is -0.383. The Morgan fingerprint density at radius 1 is 1.13 bits per heavy atom. The lowest BCUT2D eigenvalue weighted by Gasteiger charge is -2.57. The van der Waals surface area contributed by atoms with Gasteiger partial charge in [0.2, 0.25) is 0 Å². The van der Waals surface area contributed by atoms with Crippen molar-refractivity contribution in [3.63, 3.8) is 0 Å². The Hall–Kier alpha value is -0.710. The van der Waals surface area contributed by atoms with Crippen molar-refractivity contribution in [2.45, 2.75) is 76.7 Å². The molecule has 1 heterocycles. The van der Waals surface area contributed by atoms with Gasteiger partial charge in [-0.2, -0.15) is 0 Å². The first kappa shape index (κ1) is 21.2. The van der Waals surface area contributed by atoms with Gasteiger partial charge in [0.1, 0.15) is 5.78 Å². The number of carbonyl (C=O) groups excluding carboxylic acids is 1. The number of hydrogen-bond acceptors (Lipinski definition) is 4. The number of aliphatic hydroxyl groups is 1. The topological polar surface area (TPSA) is 46.5 Å². The van der Waals surface area contributed by atoms with Crippen molar-refractivity contribution in [3.05, 3.63) is 22.4 Å². The van der Waals surface area contributed by atoms with Crippen LogP contribution in [0, 0.1) is 40.9 Å². The highest BCUT2D eigenvalue weighted by molar-refractivity contribution is 7.10. The molecule has 0 bridgehead atoms. The minimum Gasteiger partial charge on any atom is -0.387 e. The highest BCUT2D eigenvalue weighted by Gasteiger charge is 2.58. The quantitative estimate of drug-likeness (QED) is 0.670. The summed E-state index contributed by atoms with van der Waals surface area (Å²) in [5.74, 6) is 4.57. The van der Waals surface area contributed by atoms with E-state index in [1.165, 1.54) is 37.0 Å². The van der Waals surface area contributed by atoms with Gasteiger partial charge >= 0.3 is 0 Å². The SMILES string of the molecule is COC[C@@]1(O)CC[C@H]2[C@H](CC[C@@H]3[C@@H]2CC[C@]2(C)[C@@H](C(=O)Cc4cccs4)CC[C@@H]32)C1. The zero-order chi connectivity index (χ0) is 20.9. The summed E-state index contributed by atoms with van der Waals surface area (Å²) in [6, 6.07) is 4.18. The third-order valence-corrected chi connectivity index (χ3v) is 10.7. The average Bonchev–Trinajstić information content (AvgIpc) is 3.34. The van der Waals surface area contributed by atoms with E-state index in [-0.39, 0.29) is 11.3 Å². The maximum Gasteiger partial charge on any atom is 0.141 e. The van der Waals surface area contributed by atoms with Crippen LogP contribution in [0.3, 0.4) is 0 Å². The van der Waals surface area contributed by atoms with Crippen molar-refractivity contribution in [2.24, 2.45) is 40.9 Å². The van der Waals surface area contributed by atoms with Crippen molar-refractivity contribution in [1.29, 1.82) is 0 Å². The Bertz CT molecular complexity index is 760. The van der Waals surface area contributed by atoms with E-state index in [4.69, 9.17) is 4.74 Å². The van der Waals surface area contributed by atoms with Crippen LogP contribution in [0.1, 0.15) is 69.6 Å². The van der Waals surface area contributed by atoms with Crippen molar-refractivity contribution in [3.8, 4) is 0 Å². The third kappa shape index (κ3) is 3.51. The van der Waals surface area contributed by atoms with Crippen LogP contribution in [0.25, 0.3) is 0 Å². The molecule has 0 amide bonds. The van der Waals surface area contributed by atoms with E-state index < -0.39 is 5.60 Å². The lowest BCUT2D eigenvalue weighted by Crippen LogP contribution is -2.52. The van der Waals surface area contributed by atoms with E-state index in [1.54, 1.807) is 18.4 Å². The molecule has 3 nitrogen and oxygen atoms in total. The Morgan fingerprint density at radius 2 is 1.97 bits per heavy atom. The van der Waals surface area contributed by atoms with Crippen molar-refractivity contribution in [1.82, 2.24) is 0 Å². The highest BCUT2D eigenvalue weighted by Crippen LogP contribution is 2.64. The molecule has 4 fully saturated rings. The van der Waals surface area contributed by atoms with Gasteiger partial charge in [-0.05, 0) is 104 Å². The van der Waals surface area contributed by atoms with Gasteiger partial charge in [0.15, 0.2) is 0 Å². The van der Waals surface area contributed by atoms with E-state index in [2.05, 4.69) is 24.4 Å². The Balaban J connectivity index is 1.29. The predicted octanol–water partition coefficient (Wildman–Crippen LogP) is 5.51. The minimum atomic E-state index is -0.599. The smallest absolute Gasteiger partial charge is 0.141 e. The Kier molecular flexibility index (Phi) is 5.65. The van der Waals surface area contributed by atoms with Gasteiger partial charge in [-0.3, -0.25) is 4.79 Å². The molecule has 8 atom stereocenters. The largest absolute Gasteiger partial charge is 0.387 e. The van der Waals surface area contributed by atoms with Gasteiger partial charge in [0.25, 0.3) is 0 Å². The molecular weight excluding hydrogens is 392 g/mol. The molecule has 0 unspecified atom stereocenters. The molecule has 1 N–H and O–H groups in total. The van der Waals surface area contributed by atoms with E-state index >= 15 is 0 Å². The maximum atomic E-state index is 13.3. The van der Waals surface area contributed by atoms with Crippen molar-refractivity contribution >= 4 is 17.1 Å². The first-order valence-corrected chi connectivity index (χ1v) is 13.1. The van der Waals surface area contributed by atoms with Crippen LogP contribution in [0.2, 0.25) is 0 Å². The van der Waals surface area contributed by atoms with E-state index in [0.717, 1.165) is 49.4 Å². The van der Waals surface area contributed by atoms with Crippen molar-refractivity contribution < 1.29 is 14.6 Å². The first-order valence-electron chi connectivity index (χ1n) is 12.2. The van der Waals surface area contributed by atoms with Gasteiger partial charge < -0.3 is 9.84 Å². The van der Waals surface area contributed by atoms with Gasteiger partial charge in [-0.15, -0.1) is 11.3 Å². The van der Waals surface area contributed by atoms with Crippen LogP contribution in [0.5, 0.6) is 0 Å². The molecule has 4 aliphatic carbocycles. The van der Waals surface area contributed by atoms with Gasteiger partial charge in [0.05, 0.1) is 12.2 Å². The average molecular weight is 431 g/mol. The summed E-state index contributed by atoms with van der Waals surface area (Å²) in [6.07, 6.45) is 11.1. The lowest BCUT2D eigenvalue weighted by molar-refractivity contribution is -0.135. The van der Waals surface area contributed by atoms with Crippen molar-refractivity contribution in [2.75, 3.05) is 13.7 Å². The number of Topliss-reactive ketones (excluding diaryl/α,β-unsaturated/α-hetero) is 1. The van der Waals surface area contributed by atoms with Crippen LogP contribution in [0.15, 0.2) is 17.5 Å². The van der Waals surface area contributed by atoms with E-state index in [9.17, 15) is 9.90 Å². The summed E-state index contributed by atoms with van der Waals surface area (Å²) in [5, 5.41) is 13.0. The maximum absolute atomic E-state index is 13.3. The fraction of sp³-hybridized carbons (Fsp3) is 0.808. The number of ketones is 1. The van der Waals surface area contributed by atoms with Crippen LogP contribution in [0.4, 0.5) is 0 Å². The number of ether oxygens (including phenoxy) is 1. The number of rotatable bonds is 5. The molecule has 1 aromatic rings. The zero-order valence-electron chi connectivity index (χ0n) is 18.6. The molecule has 4 saturated carbocycles. The Labute approximate surface area is 185 Å². The fourth-order valence-corrected chi connectivity index (χ4v) is 9.31. The van der Waals surface area contributed by atoms with Gasteiger partial charge in [-0.1, -0.05) is 13.0 Å². The number of methoxy groups -OCH3 is 1. The molecule has 5 rings (SSSR count). The normalized spacial score (nSPS) is 45.4. The number of hydrogen-bond donors (Lipinski definition) is 1. The molecule has 0 aliphatic heterocycles. The first-order chi connectivity index (χ1) is 14.4. The molecule has 0 radical (unpaired) electrons. The molecule has 4 aliphatic rings. The Morgan fingerprint density at radius 3 is 2.73 bits per heavy atom. The summed E-state index contributed by atoms with van der Waals surface area (Å²) in [6.45, 7) is 2.95. The predicted molar refractivity (Wildman–Crippen MR) is 120 cm³/mol. The number of thiophene rings is 1. The number of fused-ring (bicyclic) bond motifs is 5. The molecule has 166 valence electrons. The van der Waals surface area contributed by atoms with Crippen LogP contribution < -0.4 is 0 Å². The lowest BCUT2D eigenvalue weighted by atomic mass is 9.49. The third-order valence-electron chi connectivity index (χ3n) is 9.83. The second-order valence-electron chi connectivity index (χ2n) is 11.2. The van der Waals surface area contributed by atoms with E-state index in [0.29, 0.717) is 24.7 Å². The minimum absolute atomic E-state index is 0.216. The monoisotopic (exact) mass is 430 g/mol. The van der Waals surface area contributed by atoms with Crippen LogP contribution in [-0.4, -0.2) is 30.2 Å². The van der Waals surface area contributed by atoms with Crippen LogP contribution in [-0.2, 0) is 16.0 Å². The molecule has 0 saturated heterocycles. The second kappa shape index (κ2) is 8.01. The summed E-state index contributed by atoms with van der Waals surface area (Å²) >= 11 is 1.72. The summed E-state index contributed by atoms with van der Waals surface area (Å²) < 4.78 is 5.33. The molecule has 1 aromatic heterocycles. The molecular formula is C26H38O3S. The molecule has 4 heteroatoms. The number of carbonyl (C=O) groups is 1. The standard InChI is InChI=1S/C26H38O3S/c1-25-11-9-20-19-10-12-26(28,16-29-2)15-17(19)5-6-21(20)22(25)7-8-23(25)24(27)14-18-4-3-13-30-18/h3-4,13,17,19-23,28H,5-12,14-16H2,1-2H3/t17-,19+,20-,21-,22+,23-,25+,26-/m1/s1. The summed E-state index contributed by atoms with van der Waals surface area (Å²) in [7, 11) is 1.71. The second-order valence-corrected chi connectivity index (χ2v) is 12.3. The highest BCUT2D eigenvalue weighted by atomic mass is 32.1. The molecule has 0 aromatic carbocycles. The molecule has 0 spiro atoms.